The summed E-state index contributed by atoms with van der Waals surface area (Å²) in [5, 5.41) is 2.40. The van der Waals surface area contributed by atoms with E-state index >= 15 is 0 Å². The molecule has 27 heavy (non-hydrogen) atoms. The number of anilines is 2. The number of nitrogens with one attached hydrogen (secondary N) is 1. The number of benzene rings is 2. The lowest BCUT2D eigenvalue weighted by Gasteiger charge is -2.15. The number of para-hydroxylation sites is 1. The highest BCUT2D eigenvalue weighted by Gasteiger charge is 2.40. The summed E-state index contributed by atoms with van der Waals surface area (Å²) < 4.78 is 18.9. The fourth-order valence-electron chi connectivity index (χ4n) is 2.51. The maximum absolute atomic E-state index is 14.0. The van der Waals surface area contributed by atoms with E-state index in [0.717, 1.165) is 6.07 Å². The van der Waals surface area contributed by atoms with Crippen LogP contribution in [-0.2, 0) is 14.3 Å². The Morgan fingerprint density at radius 2 is 1.78 bits per heavy atom. The molecule has 138 valence electrons. The van der Waals surface area contributed by atoms with Crippen LogP contribution in [0.4, 0.5) is 15.8 Å². The average molecular weight is 389 g/mol. The van der Waals surface area contributed by atoms with Crippen LogP contribution in [0.2, 0.25) is 0 Å². The highest BCUT2D eigenvalue weighted by atomic mass is 35.5. The molecule has 1 aliphatic heterocycles. The summed E-state index contributed by atoms with van der Waals surface area (Å²) >= 11 is 6.00. The van der Waals surface area contributed by atoms with Gasteiger partial charge in [-0.3, -0.25) is 9.59 Å². The number of nitrogens with zero attached hydrogens (tertiary/aromatic N) is 1. The summed E-state index contributed by atoms with van der Waals surface area (Å²) in [6.07, 6.45) is 0. The largest absolute Gasteiger partial charge is 0.462 e. The third-order valence-electron chi connectivity index (χ3n) is 3.79. The number of ether oxygens (including phenoxy) is 1. The van der Waals surface area contributed by atoms with Gasteiger partial charge in [-0.1, -0.05) is 23.7 Å². The van der Waals surface area contributed by atoms with Gasteiger partial charge in [-0.15, -0.1) is 0 Å². The van der Waals surface area contributed by atoms with Gasteiger partial charge in [-0.25, -0.2) is 14.1 Å². The predicted octanol–water partition coefficient (Wildman–Crippen LogP) is 3.44. The van der Waals surface area contributed by atoms with Crippen LogP contribution in [-0.4, -0.2) is 24.4 Å². The second-order valence-corrected chi connectivity index (χ2v) is 5.89. The third kappa shape index (κ3) is 3.54. The lowest BCUT2D eigenvalue weighted by atomic mass is 10.2. The van der Waals surface area contributed by atoms with E-state index < -0.39 is 23.6 Å². The molecule has 1 aliphatic rings. The molecule has 0 bridgehead atoms. The Balaban J connectivity index is 1.83. The van der Waals surface area contributed by atoms with Crippen LogP contribution in [0.3, 0.4) is 0 Å². The molecule has 0 spiro atoms. The maximum atomic E-state index is 14.0. The average Bonchev–Trinajstić information content (AvgIpc) is 2.87. The molecule has 0 fully saturated rings. The van der Waals surface area contributed by atoms with Gasteiger partial charge in [0.2, 0.25) is 0 Å². The van der Waals surface area contributed by atoms with Crippen molar-refractivity contribution in [3.8, 4) is 0 Å². The van der Waals surface area contributed by atoms with Gasteiger partial charge in [0.05, 0.1) is 17.9 Å². The molecule has 0 unspecified atom stereocenters. The summed E-state index contributed by atoms with van der Waals surface area (Å²) in [6.45, 7) is 1.95. The molecule has 2 aromatic rings. The molecule has 0 aromatic heterocycles. The lowest BCUT2D eigenvalue weighted by molar-refractivity contribution is -0.120. The Hall–Kier alpha value is -3.19. The van der Waals surface area contributed by atoms with Gasteiger partial charge in [0, 0.05) is 5.69 Å². The Kier molecular flexibility index (Phi) is 5.23. The minimum absolute atomic E-state index is 0.172. The van der Waals surface area contributed by atoms with Crippen LogP contribution in [0.5, 0.6) is 0 Å². The molecule has 2 amide bonds. The van der Waals surface area contributed by atoms with Crippen molar-refractivity contribution in [1.82, 2.24) is 0 Å². The number of halogens is 2. The van der Waals surface area contributed by atoms with E-state index in [0.29, 0.717) is 16.2 Å². The van der Waals surface area contributed by atoms with E-state index in [1.807, 2.05) is 0 Å². The van der Waals surface area contributed by atoms with Gasteiger partial charge >= 0.3 is 5.97 Å². The number of hydrogen-bond donors (Lipinski definition) is 1. The first kappa shape index (κ1) is 18.6. The first-order valence-electron chi connectivity index (χ1n) is 8.01. The summed E-state index contributed by atoms with van der Waals surface area (Å²) in [5.41, 5.74) is 0.408. The van der Waals surface area contributed by atoms with Crippen LogP contribution in [0.1, 0.15) is 17.3 Å². The van der Waals surface area contributed by atoms with E-state index in [9.17, 15) is 18.8 Å². The molecule has 0 saturated carbocycles. The minimum atomic E-state index is -0.822. The van der Waals surface area contributed by atoms with E-state index in [1.165, 1.54) is 42.5 Å². The van der Waals surface area contributed by atoms with Crippen molar-refractivity contribution in [3.63, 3.8) is 0 Å². The Bertz CT molecular complexity index is 956. The quantitative estimate of drug-likeness (QED) is 0.627. The molecule has 3 rings (SSSR count). The number of amides is 2. The molecule has 0 radical (unpaired) electrons. The first-order chi connectivity index (χ1) is 12.9. The smallest absolute Gasteiger partial charge is 0.338 e. The first-order valence-corrected chi connectivity index (χ1v) is 8.39. The van der Waals surface area contributed by atoms with Crippen molar-refractivity contribution in [2.75, 3.05) is 16.8 Å². The van der Waals surface area contributed by atoms with Crippen LogP contribution in [0.15, 0.2) is 59.3 Å². The van der Waals surface area contributed by atoms with Gasteiger partial charge in [-0.2, -0.15) is 0 Å². The van der Waals surface area contributed by atoms with Crippen molar-refractivity contribution >= 4 is 40.8 Å². The lowest BCUT2D eigenvalue weighted by Crippen LogP contribution is -2.33. The molecule has 6 nitrogen and oxygen atoms in total. The van der Waals surface area contributed by atoms with Gasteiger partial charge in [0.25, 0.3) is 11.8 Å². The van der Waals surface area contributed by atoms with E-state index in [1.54, 1.807) is 6.92 Å². The standard InChI is InChI=1S/C19H14ClFN2O4/c1-2-27-19(26)11-7-9-12(10-8-11)22-16-15(20)17(24)23(18(16)25)14-6-4-3-5-13(14)21/h3-10,22H,2H2,1H3. The number of esters is 1. The molecular formula is C19H14ClFN2O4. The number of imide groups is 1. The molecular weight excluding hydrogens is 375 g/mol. The summed E-state index contributed by atoms with van der Waals surface area (Å²) in [6, 6.07) is 11.5. The van der Waals surface area contributed by atoms with Crippen LogP contribution >= 0.6 is 11.6 Å². The second kappa shape index (κ2) is 7.59. The third-order valence-corrected chi connectivity index (χ3v) is 4.14. The van der Waals surface area contributed by atoms with Gasteiger partial charge in [-0.05, 0) is 43.3 Å². The Morgan fingerprint density at radius 3 is 2.41 bits per heavy atom. The van der Waals surface area contributed by atoms with E-state index in [4.69, 9.17) is 16.3 Å². The van der Waals surface area contributed by atoms with Crippen molar-refractivity contribution < 1.29 is 23.5 Å². The van der Waals surface area contributed by atoms with Crippen molar-refractivity contribution in [2.24, 2.45) is 0 Å². The fraction of sp³-hybridized carbons (Fsp3) is 0.105. The van der Waals surface area contributed by atoms with Crippen LogP contribution in [0.25, 0.3) is 0 Å². The predicted molar refractivity (Wildman–Crippen MR) is 97.8 cm³/mol. The maximum Gasteiger partial charge on any atom is 0.338 e. The topological polar surface area (TPSA) is 75.7 Å². The molecule has 0 saturated heterocycles. The summed E-state index contributed by atoms with van der Waals surface area (Å²) in [7, 11) is 0. The molecule has 8 heteroatoms. The van der Waals surface area contributed by atoms with Gasteiger partial charge in [0.1, 0.15) is 16.5 Å². The number of carbonyl (C=O) groups excluding carboxylic acids is 3. The van der Waals surface area contributed by atoms with E-state index in [-0.39, 0.29) is 23.0 Å². The highest BCUT2D eigenvalue weighted by molar-refractivity contribution is 6.53. The monoisotopic (exact) mass is 388 g/mol. The van der Waals surface area contributed by atoms with Gasteiger partial charge < -0.3 is 10.1 Å². The fourth-order valence-corrected chi connectivity index (χ4v) is 2.72. The van der Waals surface area contributed by atoms with Crippen LogP contribution in [0, 0.1) is 5.82 Å². The zero-order valence-electron chi connectivity index (χ0n) is 14.2. The molecule has 0 atom stereocenters. The number of carbonyl (C=O) groups is 3. The van der Waals surface area contributed by atoms with Crippen molar-refractivity contribution in [1.29, 1.82) is 0 Å². The van der Waals surface area contributed by atoms with Crippen LogP contribution < -0.4 is 10.2 Å². The summed E-state index contributed by atoms with van der Waals surface area (Å²) in [4.78, 5) is 37.3. The molecule has 1 heterocycles. The molecule has 1 N–H and O–H groups in total. The molecule has 0 aliphatic carbocycles. The zero-order valence-corrected chi connectivity index (χ0v) is 14.9. The minimum Gasteiger partial charge on any atom is -0.462 e. The Morgan fingerprint density at radius 1 is 1.11 bits per heavy atom. The van der Waals surface area contributed by atoms with Crippen molar-refractivity contribution in [3.05, 3.63) is 70.6 Å². The SMILES string of the molecule is CCOC(=O)c1ccc(NC2=C(Cl)C(=O)N(c3ccccc3F)C2=O)cc1. The van der Waals surface area contributed by atoms with Crippen molar-refractivity contribution in [2.45, 2.75) is 6.92 Å². The number of hydrogen-bond acceptors (Lipinski definition) is 5. The molecule has 2 aromatic carbocycles. The van der Waals surface area contributed by atoms with E-state index in [2.05, 4.69) is 5.32 Å². The van der Waals surface area contributed by atoms with Gasteiger partial charge in [0.15, 0.2) is 0 Å². The zero-order chi connectivity index (χ0) is 19.6. The highest BCUT2D eigenvalue weighted by Crippen LogP contribution is 2.31. The second-order valence-electron chi connectivity index (χ2n) is 5.51. The number of rotatable bonds is 5. The summed E-state index contributed by atoms with van der Waals surface area (Å²) in [5.74, 6) is -2.79. The Labute approximate surface area is 159 Å². The normalized spacial score (nSPS) is 14.0.